The van der Waals surface area contributed by atoms with Crippen LogP contribution >= 0.6 is 0 Å². The number of carbonyl (C=O) groups is 1. The van der Waals surface area contributed by atoms with Crippen LogP contribution in [0.25, 0.3) is 0 Å². The quantitative estimate of drug-likeness (QED) is 0.776. The molecule has 0 heterocycles. The van der Waals surface area contributed by atoms with Crippen LogP contribution in [-0.4, -0.2) is 22.8 Å². The van der Waals surface area contributed by atoms with Crippen molar-refractivity contribution < 1.29 is 14.6 Å². The van der Waals surface area contributed by atoms with Gasteiger partial charge in [0.05, 0.1) is 11.6 Å². The zero-order valence-electron chi connectivity index (χ0n) is 11.4. The predicted molar refractivity (Wildman–Crippen MR) is 74.7 cm³/mol. The van der Waals surface area contributed by atoms with Crippen molar-refractivity contribution in [2.75, 3.05) is 0 Å². The summed E-state index contributed by atoms with van der Waals surface area (Å²) in [5.41, 5.74) is -0.110. The lowest BCUT2D eigenvalue weighted by Gasteiger charge is -2.28. The van der Waals surface area contributed by atoms with E-state index in [2.05, 4.69) is 11.9 Å². The zero-order chi connectivity index (χ0) is 14.3. The molecule has 1 amide bonds. The maximum absolute atomic E-state index is 11.7. The minimum absolute atomic E-state index is 0.208. The summed E-state index contributed by atoms with van der Waals surface area (Å²) in [5.74, 6) is 0. The van der Waals surface area contributed by atoms with Gasteiger partial charge in [-0.2, -0.15) is 0 Å². The molecule has 0 spiro atoms. The summed E-state index contributed by atoms with van der Waals surface area (Å²) in [7, 11) is 0. The Labute approximate surface area is 114 Å². The number of amides is 1. The van der Waals surface area contributed by atoms with Gasteiger partial charge in [0, 0.05) is 0 Å². The topological polar surface area (TPSA) is 58.6 Å². The number of aliphatic hydroxyl groups is 1. The Morgan fingerprint density at radius 3 is 2.63 bits per heavy atom. The first-order valence-corrected chi connectivity index (χ1v) is 6.24. The molecule has 4 heteroatoms. The normalized spacial score (nSPS) is 12.6. The summed E-state index contributed by atoms with van der Waals surface area (Å²) in [6.07, 6.45) is 1.59. The average Bonchev–Trinajstić information content (AvgIpc) is 2.36. The van der Waals surface area contributed by atoms with Gasteiger partial charge >= 0.3 is 6.09 Å². The molecule has 0 fully saturated rings. The van der Waals surface area contributed by atoms with Crippen LogP contribution < -0.4 is 5.32 Å². The highest BCUT2D eigenvalue weighted by molar-refractivity contribution is 5.67. The summed E-state index contributed by atoms with van der Waals surface area (Å²) >= 11 is 0. The highest BCUT2D eigenvalue weighted by Gasteiger charge is 2.27. The molecule has 0 aliphatic carbocycles. The van der Waals surface area contributed by atoms with Crippen molar-refractivity contribution in [1.29, 1.82) is 0 Å². The summed E-state index contributed by atoms with van der Waals surface area (Å²) in [6.45, 7) is 7.09. The van der Waals surface area contributed by atoms with E-state index in [9.17, 15) is 9.90 Å². The molecule has 104 valence electrons. The fourth-order valence-electron chi connectivity index (χ4n) is 1.60. The second-order valence-electron chi connectivity index (χ2n) is 4.94. The number of nitrogens with one attached hydrogen (secondary N) is 1. The van der Waals surface area contributed by atoms with E-state index in [0.29, 0.717) is 6.42 Å². The number of alkyl carbamates (subject to hydrolysis) is 1. The third kappa shape index (κ3) is 5.57. The molecule has 2 N–H and O–H groups in total. The van der Waals surface area contributed by atoms with Gasteiger partial charge in [0.2, 0.25) is 0 Å². The molecule has 0 radical (unpaired) electrons. The Bertz CT molecular complexity index is 409. The van der Waals surface area contributed by atoms with E-state index >= 15 is 0 Å². The molecular formula is C15H21NO3. The van der Waals surface area contributed by atoms with Gasteiger partial charge in [0.15, 0.2) is 0 Å². The Hall–Kier alpha value is -1.81. The van der Waals surface area contributed by atoms with Crippen molar-refractivity contribution in [3.8, 4) is 0 Å². The first kappa shape index (κ1) is 15.2. The fourth-order valence-corrected chi connectivity index (χ4v) is 1.60. The van der Waals surface area contributed by atoms with E-state index < -0.39 is 17.7 Å². The van der Waals surface area contributed by atoms with Crippen LogP contribution in [0, 0.1) is 0 Å². The van der Waals surface area contributed by atoms with Crippen LogP contribution in [0.5, 0.6) is 0 Å². The number of hydrogen-bond donors (Lipinski definition) is 2. The minimum Gasteiger partial charge on any atom is -0.445 e. The largest absolute Gasteiger partial charge is 0.445 e. The molecule has 1 rings (SSSR count). The van der Waals surface area contributed by atoms with E-state index in [1.165, 1.54) is 0 Å². The standard InChI is InChI=1S/C15H21NO3/c1-4-8-13(15(2,3)18)16-14(17)19-11-12-9-6-5-7-10-12/h4-7,9-10,13,18H,1,8,11H2,2-3H3,(H,16,17). The van der Waals surface area contributed by atoms with E-state index in [1.54, 1.807) is 19.9 Å². The first-order valence-electron chi connectivity index (χ1n) is 6.24. The molecule has 0 aliphatic rings. The first-order chi connectivity index (χ1) is 8.93. The molecule has 1 aromatic rings. The summed E-state index contributed by atoms with van der Waals surface area (Å²) in [4.78, 5) is 11.7. The van der Waals surface area contributed by atoms with Crippen LogP contribution in [-0.2, 0) is 11.3 Å². The lowest BCUT2D eigenvalue weighted by atomic mass is 9.96. The maximum Gasteiger partial charge on any atom is 0.407 e. The monoisotopic (exact) mass is 263 g/mol. The lowest BCUT2D eigenvalue weighted by molar-refractivity contribution is 0.0347. The molecule has 1 unspecified atom stereocenters. The summed E-state index contributed by atoms with van der Waals surface area (Å²) < 4.78 is 5.10. The number of carbonyl (C=O) groups excluding carboxylic acids is 1. The second-order valence-corrected chi connectivity index (χ2v) is 4.94. The second kappa shape index (κ2) is 6.95. The summed E-state index contributed by atoms with van der Waals surface area (Å²) in [6, 6.07) is 9.00. The zero-order valence-corrected chi connectivity index (χ0v) is 11.4. The Morgan fingerprint density at radius 1 is 1.47 bits per heavy atom. The molecule has 0 bridgehead atoms. The minimum atomic E-state index is -1.03. The molecule has 1 atom stereocenters. The Balaban J connectivity index is 2.47. The third-order valence-corrected chi connectivity index (χ3v) is 2.76. The van der Waals surface area contributed by atoms with Gasteiger partial charge in [-0.25, -0.2) is 4.79 Å². The third-order valence-electron chi connectivity index (χ3n) is 2.76. The van der Waals surface area contributed by atoms with Crippen molar-refractivity contribution in [2.45, 2.75) is 38.5 Å². The molecule has 1 aromatic carbocycles. The van der Waals surface area contributed by atoms with Crippen molar-refractivity contribution in [2.24, 2.45) is 0 Å². The highest BCUT2D eigenvalue weighted by atomic mass is 16.5. The van der Waals surface area contributed by atoms with E-state index in [0.717, 1.165) is 5.56 Å². The van der Waals surface area contributed by atoms with Crippen LogP contribution in [0.2, 0.25) is 0 Å². The van der Waals surface area contributed by atoms with Crippen LogP contribution in [0.3, 0.4) is 0 Å². The van der Waals surface area contributed by atoms with Gasteiger partial charge in [0.25, 0.3) is 0 Å². The SMILES string of the molecule is C=CCC(NC(=O)OCc1ccccc1)C(C)(C)O. The highest BCUT2D eigenvalue weighted by Crippen LogP contribution is 2.13. The van der Waals surface area contributed by atoms with Crippen LogP contribution in [0.1, 0.15) is 25.8 Å². The van der Waals surface area contributed by atoms with Gasteiger partial charge in [0.1, 0.15) is 6.61 Å². The lowest BCUT2D eigenvalue weighted by Crippen LogP contribution is -2.49. The fraction of sp³-hybridized carbons (Fsp3) is 0.400. The van der Waals surface area contributed by atoms with Crippen LogP contribution in [0.15, 0.2) is 43.0 Å². The molecular weight excluding hydrogens is 242 g/mol. The van der Waals surface area contributed by atoms with Gasteiger partial charge < -0.3 is 15.2 Å². The van der Waals surface area contributed by atoms with Gasteiger partial charge in [-0.1, -0.05) is 36.4 Å². The number of hydrogen-bond acceptors (Lipinski definition) is 3. The smallest absolute Gasteiger partial charge is 0.407 e. The molecule has 0 aromatic heterocycles. The number of benzene rings is 1. The Morgan fingerprint density at radius 2 is 2.11 bits per heavy atom. The van der Waals surface area contributed by atoms with E-state index in [4.69, 9.17) is 4.74 Å². The maximum atomic E-state index is 11.7. The van der Waals surface area contributed by atoms with E-state index in [1.807, 2.05) is 30.3 Å². The van der Waals surface area contributed by atoms with Crippen LogP contribution in [0.4, 0.5) is 4.79 Å². The van der Waals surface area contributed by atoms with Crippen molar-refractivity contribution in [3.05, 3.63) is 48.6 Å². The molecule has 4 nitrogen and oxygen atoms in total. The molecule has 19 heavy (non-hydrogen) atoms. The molecule has 0 saturated carbocycles. The van der Waals surface area contributed by atoms with Crippen molar-refractivity contribution in [1.82, 2.24) is 5.32 Å². The van der Waals surface area contributed by atoms with Crippen molar-refractivity contribution >= 4 is 6.09 Å². The molecule has 0 aliphatic heterocycles. The van der Waals surface area contributed by atoms with Gasteiger partial charge in [-0.15, -0.1) is 6.58 Å². The molecule has 0 saturated heterocycles. The van der Waals surface area contributed by atoms with Crippen molar-refractivity contribution in [3.63, 3.8) is 0 Å². The van der Waals surface area contributed by atoms with Gasteiger partial charge in [-0.3, -0.25) is 0 Å². The summed E-state index contributed by atoms with van der Waals surface area (Å²) in [5, 5.41) is 12.6. The Kier molecular flexibility index (Phi) is 5.57. The van der Waals surface area contributed by atoms with Gasteiger partial charge in [-0.05, 0) is 25.8 Å². The van der Waals surface area contributed by atoms with E-state index in [-0.39, 0.29) is 6.61 Å². The number of ether oxygens (including phenoxy) is 1. The average molecular weight is 263 g/mol. The predicted octanol–water partition coefficient (Wildman–Crippen LogP) is 2.63. The number of rotatable bonds is 6.